The van der Waals surface area contributed by atoms with E-state index in [1.807, 2.05) is 70.3 Å². The molecule has 0 amide bonds. The standard InChI is InChI=1S/C21H21N3O2/c22-11-6-12-24-15-19(18-9-4-5-10-20(18)24)21(26)16-23(13-14-25)17-7-2-1-3-8-17/h1-5,7-10,15,25H,6,12-14,16H2. The van der Waals surface area contributed by atoms with Crippen LogP contribution < -0.4 is 4.90 Å². The number of hydrogen-bond acceptors (Lipinski definition) is 4. The van der Waals surface area contributed by atoms with Crippen LogP contribution in [0, 0.1) is 11.3 Å². The Morgan fingerprint density at radius 3 is 2.58 bits per heavy atom. The van der Waals surface area contributed by atoms with E-state index in [0.29, 0.717) is 25.1 Å². The highest BCUT2D eigenvalue weighted by atomic mass is 16.3. The Morgan fingerprint density at radius 2 is 1.85 bits per heavy atom. The van der Waals surface area contributed by atoms with Crippen LogP contribution in [0.2, 0.25) is 0 Å². The van der Waals surface area contributed by atoms with Crippen molar-refractivity contribution in [3.63, 3.8) is 0 Å². The van der Waals surface area contributed by atoms with Gasteiger partial charge >= 0.3 is 0 Å². The first-order valence-electron chi connectivity index (χ1n) is 8.63. The second kappa shape index (κ2) is 8.32. The molecule has 2 aromatic carbocycles. The number of hydrogen-bond donors (Lipinski definition) is 1. The number of nitriles is 1. The molecular weight excluding hydrogens is 326 g/mol. The van der Waals surface area contributed by atoms with Crippen molar-refractivity contribution >= 4 is 22.4 Å². The van der Waals surface area contributed by atoms with Crippen molar-refractivity contribution in [2.45, 2.75) is 13.0 Å². The highest BCUT2D eigenvalue weighted by Crippen LogP contribution is 2.23. The summed E-state index contributed by atoms with van der Waals surface area (Å²) in [7, 11) is 0. The molecule has 1 aromatic heterocycles. The van der Waals surface area contributed by atoms with Gasteiger partial charge in [-0.05, 0) is 18.2 Å². The molecule has 0 aliphatic carbocycles. The molecule has 3 aromatic rings. The number of carbonyl (C=O) groups excluding carboxylic acids is 1. The summed E-state index contributed by atoms with van der Waals surface area (Å²) >= 11 is 0. The fourth-order valence-electron chi connectivity index (χ4n) is 3.14. The Kier molecular flexibility index (Phi) is 5.67. The molecule has 5 heteroatoms. The maximum absolute atomic E-state index is 13.0. The van der Waals surface area contributed by atoms with Crippen LogP contribution in [0.15, 0.2) is 60.8 Å². The number of aromatic nitrogens is 1. The molecular formula is C21H21N3O2. The quantitative estimate of drug-likeness (QED) is 0.635. The fraction of sp³-hybridized carbons (Fsp3) is 0.238. The van der Waals surface area contributed by atoms with E-state index in [9.17, 15) is 9.90 Å². The summed E-state index contributed by atoms with van der Waals surface area (Å²) in [6.45, 7) is 1.12. The van der Waals surface area contributed by atoms with Crippen LogP contribution in [0.1, 0.15) is 16.8 Å². The molecule has 0 saturated heterocycles. The number of para-hydroxylation sites is 2. The van der Waals surface area contributed by atoms with E-state index in [4.69, 9.17) is 5.26 Å². The number of aryl methyl sites for hydroxylation is 1. The third kappa shape index (κ3) is 3.76. The minimum absolute atomic E-state index is 0.00536. The van der Waals surface area contributed by atoms with Gasteiger partial charge in [0, 0.05) is 41.4 Å². The van der Waals surface area contributed by atoms with Gasteiger partial charge in [-0.25, -0.2) is 0 Å². The Hall–Kier alpha value is -3.10. The molecule has 0 spiro atoms. The molecule has 0 aliphatic heterocycles. The van der Waals surface area contributed by atoms with Gasteiger partial charge in [0.2, 0.25) is 0 Å². The van der Waals surface area contributed by atoms with Gasteiger partial charge in [0.25, 0.3) is 0 Å². The predicted molar refractivity (Wildman–Crippen MR) is 102 cm³/mol. The SMILES string of the molecule is N#CCCn1cc(C(=O)CN(CCO)c2ccccc2)c2ccccc21. The summed E-state index contributed by atoms with van der Waals surface area (Å²) in [5.74, 6) is -0.00536. The van der Waals surface area contributed by atoms with Gasteiger partial charge in [-0.2, -0.15) is 5.26 Å². The summed E-state index contributed by atoms with van der Waals surface area (Å²) in [6, 6.07) is 19.5. The molecule has 0 unspecified atom stereocenters. The Balaban J connectivity index is 1.90. The molecule has 0 fully saturated rings. The lowest BCUT2D eigenvalue weighted by molar-refractivity contribution is 0.0999. The van der Waals surface area contributed by atoms with E-state index < -0.39 is 0 Å². The third-order valence-electron chi connectivity index (χ3n) is 4.38. The highest BCUT2D eigenvalue weighted by molar-refractivity contribution is 6.09. The van der Waals surface area contributed by atoms with E-state index in [-0.39, 0.29) is 18.9 Å². The van der Waals surface area contributed by atoms with Crippen molar-refractivity contribution in [1.29, 1.82) is 5.26 Å². The van der Waals surface area contributed by atoms with Gasteiger partial charge in [-0.15, -0.1) is 0 Å². The van der Waals surface area contributed by atoms with E-state index in [1.165, 1.54) is 0 Å². The summed E-state index contributed by atoms with van der Waals surface area (Å²) in [5.41, 5.74) is 2.51. The van der Waals surface area contributed by atoms with Crippen molar-refractivity contribution in [2.75, 3.05) is 24.6 Å². The van der Waals surface area contributed by atoms with Gasteiger partial charge in [-0.1, -0.05) is 36.4 Å². The Morgan fingerprint density at radius 1 is 1.12 bits per heavy atom. The zero-order chi connectivity index (χ0) is 18.4. The number of anilines is 1. The van der Waals surface area contributed by atoms with Crippen LogP contribution in [-0.4, -0.2) is 35.2 Å². The minimum atomic E-state index is -0.0217. The van der Waals surface area contributed by atoms with Crippen LogP contribution in [0.25, 0.3) is 10.9 Å². The van der Waals surface area contributed by atoms with Gasteiger partial charge in [0.1, 0.15) is 0 Å². The first-order chi connectivity index (χ1) is 12.7. The van der Waals surface area contributed by atoms with Gasteiger partial charge in [-0.3, -0.25) is 4.79 Å². The molecule has 5 nitrogen and oxygen atoms in total. The molecule has 26 heavy (non-hydrogen) atoms. The second-order valence-electron chi connectivity index (χ2n) is 6.07. The van der Waals surface area contributed by atoms with E-state index in [0.717, 1.165) is 16.6 Å². The van der Waals surface area contributed by atoms with Crippen molar-refractivity contribution in [3.05, 3.63) is 66.4 Å². The maximum atomic E-state index is 13.0. The predicted octanol–water partition coefficient (Wildman–Crippen LogP) is 3.24. The van der Waals surface area contributed by atoms with Crippen molar-refractivity contribution in [1.82, 2.24) is 4.57 Å². The molecule has 132 valence electrons. The average Bonchev–Trinajstić information content (AvgIpc) is 3.05. The Labute approximate surface area is 152 Å². The molecule has 0 aliphatic rings. The second-order valence-corrected chi connectivity index (χ2v) is 6.07. The van der Waals surface area contributed by atoms with Crippen LogP contribution in [-0.2, 0) is 6.54 Å². The molecule has 3 rings (SSSR count). The number of Topliss-reactive ketones (excluding diaryl/α,β-unsaturated/α-hetero) is 1. The van der Waals surface area contributed by atoms with Crippen molar-refractivity contribution < 1.29 is 9.90 Å². The van der Waals surface area contributed by atoms with Gasteiger partial charge in [0.05, 0.1) is 25.6 Å². The van der Waals surface area contributed by atoms with Crippen LogP contribution in [0.3, 0.4) is 0 Å². The minimum Gasteiger partial charge on any atom is -0.395 e. The summed E-state index contributed by atoms with van der Waals surface area (Å²) in [5, 5.41) is 19.1. The molecule has 0 radical (unpaired) electrons. The molecule has 0 bridgehead atoms. The molecule has 0 saturated carbocycles. The summed E-state index contributed by atoms with van der Waals surface area (Å²) < 4.78 is 1.96. The fourth-order valence-corrected chi connectivity index (χ4v) is 3.14. The van der Waals surface area contributed by atoms with E-state index in [1.54, 1.807) is 0 Å². The number of aliphatic hydroxyl groups is 1. The number of benzene rings is 2. The van der Waals surface area contributed by atoms with Gasteiger partial charge < -0.3 is 14.6 Å². The lowest BCUT2D eigenvalue weighted by atomic mass is 10.1. The largest absolute Gasteiger partial charge is 0.395 e. The highest BCUT2D eigenvalue weighted by Gasteiger charge is 2.18. The molecule has 0 atom stereocenters. The van der Waals surface area contributed by atoms with Crippen LogP contribution in [0.5, 0.6) is 0 Å². The zero-order valence-corrected chi connectivity index (χ0v) is 14.5. The number of rotatable bonds is 8. The monoisotopic (exact) mass is 347 g/mol. The lowest BCUT2D eigenvalue weighted by Gasteiger charge is -2.23. The lowest BCUT2D eigenvalue weighted by Crippen LogP contribution is -2.32. The van der Waals surface area contributed by atoms with Crippen molar-refractivity contribution in [3.8, 4) is 6.07 Å². The average molecular weight is 347 g/mol. The van der Waals surface area contributed by atoms with E-state index >= 15 is 0 Å². The number of aliphatic hydroxyl groups excluding tert-OH is 1. The third-order valence-corrected chi connectivity index (χ3v) is 4.38. The summed E-state index contributed by atoms with van der Waals surface area (Å²) in [6.07, 6.45) is 2.24. The zero-order valence-electron chi connectivity index (χ0n) is 14.5. The number of fused-ring (bicyclic) bond motifs is 1. The first-order valence-corrected chi connectivity index (χ1v) is 8.63. The first kappa shape index (κ1) is 17.7. The molecule has 1 heterocycles. The summed E-state index contributed by atoms with van der Waals surface area (Å²) in [4.78, 5) is 14.9. The number of carbonyl (C=O) groups is 1. The van der Waals surface area contributed by atoms with Crippen LogP contribution >= 0.6 is 0 Å². The number of ketones is 1. The topological polar surface area (TPSA) is 69.3 Å². The van der Waals surface area contributed by atoms with E-state index in [2.05, 4.69) is 6.07 Å². The normalized spacial score (nSPS) is 10.6. The number of nitrogens with zero attached hydrogens (tertiary/aromatic N) is 3. The maximum Gasteiger partial charge on any atom is 0.184 e. The van der Waals surface area contributed by atoms with Crippen molar-refractivity contribution in [2.24, 2.45) is 0 Å². The Bertz CT molecular complexity index is 925. The van der Waals surface area contributed by atoms with Gasteiger partial charge in [0.15, 0.2) is 5.78 Å². The smallest absolute Gasteiger partial charge is 0.184 e. The molecule has 1 N–H and O–H groups in total. The van der Waals surface area contributed by atoms with Crippen LogP contribution in [0.4, 0.5) is 5.69 Å².